The molecule has 0 radical (unpaired) electrons. The van der Waals surface area contributed by atoms with Gasteiger partial charge in [0, 0.05) is 34.0 Å². The normalized spacial score (nSPS) is 10.6. The first-order valence-corrected chi connectivity index (χ1v) is 9.40. The van der Waals surface area contributed by atoms with E-state index >= 15 is 0 Å². The summed E-state index contributed by atoms with van der Waals surface area (Å²) >= 11 is 13.7. The Hall–Kier alpha value is -1.88. The zero-order valence-electron chi connectivity index (χ0n) is 13.3. The van der Waals surface area contributed by atoms with Gasteiger partial charge in [-0.15, -0.1) is 11.3 Å². The zero-order chi connectivity index (χ0) is 17.6. The quantitative estimate of drug-likeness (QED) is 0.593. The van der Waals surface area contributed by atoms with Crippen LogP contribution in [-0.2, 0) is 17.6 Å². The van der Waals surface area contributed by atoms with Gasteiger partial charge in [-0.3, -0.25) is 4.79 Å². The van der Waals surface area contributed by atoms with Crippen molar-refractivity contribution in [2.24, 2.45) is 0 Å². The van der Waals surface area contributed by atoms with Gasteiger partial charge in [-0.25, -0.2) is 4.98 Å². The van der Waals surface area contributed by atoms with Crippen molar-refractivity contribution in [2.75, 3.05) is 5.32 Å². The summed E-state index contributed by atoms with van der Waals surface area (Å²) in [4.78, 5) is 17.4. The molecule has 1 heterocycles. The Morgan fingerprint density at radius 3 is 2.72 bits per heavy atom. The number of nitrogens with zero attached hydrogens (tertiary/aromatic N) is 1. The standard InChI is InChI=1S/C19H16Cl2N2OS/c20-15-7-8-17(21)14(10-15)11-16-12-22-19(25-16)23-18(24)9-6-13-4-2-1-3-5-13/h1-5,7-8,10,12H,6,9,11H2,(H,22,23,24). The van der Waals surface area contributed by atoms with Gasteiger partial charge in [0.1, 0.15) is 0 Å². The molecule has 2 aromatic carbocycles. The number of carbonyl (C=O) groups is 1. The summed E-state index contributed by atoms with van der Waals surface area (Å²) in [5.74, 6) is -0.0365. The molecule has 0 unspecified atom stereocenters. The van der Waals surface area contributed by atoms with E-state index in [0.717, 1.165) is 16.0 Å². The van der Waals surface area contributed by atoms with Crippen LogP contribution in [0.2, 0.25) is 10.0 Å². The lowest BCUT2D eigenvalue weighted by Crippen LogP contribution is -2.11. The fourth-order valence-corrected chi connectivity index (χ4v) is 3.63. The Kier molecular flexibility index (Phi) is 6.08. The van der Waals surface area contributed by atoms with Gasteiger partial charge in [0.2, 0.25) is 5.91 Å². The summed E-state index contributed by atoms with van der Waals surface area (Å²) in [5.41, 5.74) is 2.09. The SMILES string of the molecule is O=C(CCc1ccccc1)Nc1ncc(Cc2cc(Cl)ccc2Cl)s1. The van der Waals surface area contributed by atoms with Gasteiger partial charge in [-0.2, -0.15) is 0 Å². The minimum atomic E-state index is -0.0365. The predicted molar refractivity (Wildman–Crippen MR) is 105 cm³/mol. The number of amides is 1. The van der Waals surface area contributed by atoms with E-state index < -0.39 is 0 Å². The third-order valence-electron chi connectivity index (χ3n) is 3.66. The molecule has 0 aliphatic carbocycles. The number of nitrogens with one attached hydrogen (secondary N) is 1. The summed E-state index contributed by atoms with van der Waals surface area (Å²) in [7, 11) is 0. The number of hydrogen-bond acceptors (Lipinski definition) is 3. The molecule has 3 nitrogen and oxygen atoms in total. The molecule has 0 aliphatic heterocycles. The molecule has 128 valence electrons. The molecule has 0 bridgehead atoms. The summed E-state index contributed by atoms with van der Waals surface area (Å²) in [5, 5.41) is 4.78. The Morgan fingerprint density at radius 1 is 1.12 bits per heavy atom. The van der Waals surface area contributed by atoms with Crippen LogP contribution < -0.4 is 5.32 Å². The highest BCUT2D eigenvalue weighted by molar-refractivity contribution is 7.15. The first-order chi connectivity index (χ1) is 12.1. The summed E-state index contributed by atoms with van der Waals surface area (Å²) < 4.78 is 0. The summed E-state index contributed by atoms with van der Waals surface area (Å²) in [6.45, 7) is 0. The highest BCUT2D eigenvalue weighted by Gasteiger charge is 2.09. The highest BCUT2D eigenvalue weighted by atomic mass is 35.5. The van der Waals surface area contributed by atoms with E-state index in [-0.39, 0.29) is 5.91 Å². The van der Waals surface area contributed by atoms with Crippen molar-refractivity contribution >= 4 is 45.6 Å². The molecule has 0 spiro atoms. The number of aromatic nitrogens is 1. The average molecular weight is 391 g/mol. The molecule has 1 N–H and O–H groups in total. The maximum atomic E-state index is 12.1. The average Bonchev–Trinajstić information content (AvgIpc) is 3.04. The second kappa shape index (κ2) is 8.48. The van der Waals surface area contributed by atoms with Crippen LogP contribution >= 0.6 is 34.5 Å². The second-order valence-electron chi connectivity index (χ2n) is 5.58. The van der Waals surface area contributed by atoms with Crippen LogP contribution in [0.5, 0.6) is 0 Å². The molecule has 6 heteroatoms. The van der Waals surface area contributed by atoms with E-state index in [1.165, 1.54) is 11.3 Å². The van der Waals surface area contributed by atoms with Crippen LogP contribution in [-0.4, -0.2) is 10.9 Å². The molecule has 1 aromatic heterocycles. The number of aryl methyl sites for hydroxylation is 1. The van der Waals surface area contributed by atoms with Crippen LogP contribution in [0.25, 0.3) is 0 Å². The molecular formula is C19H16Cl2N2OS. The monoisotopic (exact) mass is 390 g/mol. The largest absolute Gasteiger partial charge is 0.302 e. The number of benzene rings is 2. The molecule has 0 saturated carbocycles. The molecule has 0 aliphatic rings. The number of anilines is 1. The van der Waals surface area contributed by atoms with Crippen LogP contribution in [0.4, 0.5) is 5.13 Å². The van der Waals surface area contributed by atoms with Crippen molar-refractivity contribution in [3.05, 3.63) is 80.8 Å². The van der Waals surface area contributed by atoms with E-state index in [1.807, 2.05) is 36.4 Å². The van der Waals surface area contributed by atoms with Crippen LogP contribution in [0, 0.1) is 0 Å². The Balaban J connectivity index is 1.56. The summed E-state index contributed by atoms with van der Waals surface area (Å²) in [6, 6.07) is 15.3. The van der Waals surface area contributed by atoms with Crippen molar-refractivity contribution in [1.29, 1.82) is 0 Å². The lowest BCUT2D eigenvalue weighted by Gasteiger charge is -2.03. The van der Waals surface area contributed by atoms with Gasteiger partial charge in [0.25, 0.3) is 0 Å². The fraction of sp³-hybridized carbons (Fsp3) is 0.158. The van der Waals surface area contributed by atoms with E-state index in [9.17, 15) is 4.79 Å². The molecule has 0 fully saturated rings. The number of carbonyl (C=O) groups excluding carboxylic acids is 1. The van der Waals surface area contributed by atoms with E-state index in [4.69, 9.17) is 23.2 Å². The molecule has 25 heavy (non-hydrogen) atoms. The predicted octanol–water partition coefficient (Wildman–Crippen LogP) is 5.61. The van der Waals surface area contributed by atoms with Gasteiger partial charge in [0.05, 0.1) is 0 Å². The van der Waals surface area contributed by atoms with Gasteiger partial charge < -0.3 is 5.32 Å². The second-order valence-corrected chi connectivity index (χ2v) is 7.54. The van der Waals surface area contributed by atoms with E-state index in [0.29, 0.717) is 34.4 Å². The van der Waals surface area contributed by atoms with Crippen LogP contribution in [0.15, 0.2) is 54.7 Å². The lowest BCUT2D eigenvalue weighted by atomic mass is 10.1. The smallest absolute Gasteiger partial charge is 0.226 e. The van der Waals surface area contributed by atoms with Crippen LogP contribution in [0.3, 0.4) is 0 Å². The van der Waals surface area contributed by atoms with E-state index in [1.54, 1.807) is 18.3 Å². The Labute approximate surface area is 160 Å². The van der Waals surface area contributed by atoms with Gasteiger partial charge in [-0.05, 0) is 35.7 Å². The molecule has 3 aromatic rings. The molecule has 3 rings (SSSR count). The molecular weight excluding hydrogens is 375 g/mol. The number of rotatable bonds is 6. The number of hydrogen-bond donors (Lipinski definition) is 1. The molecule has 0 atom stereocenters. The fourth-order valence-electron chi connectivity index (χ4n) is 2.40. The van der Waals surface area contributed by atoms with Crippen molar-refractivity contribution in [1.82, 2.24) is 4.98 Å². The first-order valence-electron chi connectivity index (χ1n) is 7.82. The number of thiazole rings is 1. The minimum absolute atomic E-state index is 0.0365. The zero-order valence-corrected chi connectivity index (χ0v) is 15.7. The van der Waals surface area contributed by atoms with Gasteiger partial charge in [0.15, 0.2) is 5.13 Å². The van der Waals surface area contributed by atoms with E-state index in [2.05, 4.69) is 10.3 Å². The van der Waals surface area contributed by atoms with Crippen LogP contribution in [0.1, 0.15) is 22.4 Å². The Morgan fingerprint density at radius 2 is 1.92 bits per heavy atom. The molecule has 0 saturated heterocycles. The van der Waals surface area contributed by atoms with Crippen molar-refractivity contribution in [2.45, 2.75) is 19.3 Å². The highest BCUT2D eigenvalue weighted by Crippen LogP contribution is 2.27. The van der Waals surface area contributed by atoms with Gasteiger partial charge >= 0.3 is 0 Å². The van der Waals surface area contributed by atoms with Crippen molar-refractivity contribution in [3.8, 4) is 0 Å². The van der Waals surface area contributed by atoms with Crippen molar-refractivity contribution < 1.29 is 4.79 Å². The topological polar surface area (TPSA) is 42.0 Å². The maximum absolute atomic E-state index is 12.1. The van der Waals surface area contributed by atoms with Gasteiger partial charge in [-0.1, -0.05) is 53.5 Å². The first kappa shape index (κ1) is 17.9. The Bertz CT molecular complexity index is 865. The third kappa shape index (κ3) is 5.30. The summed E-state index contributed by atoms with van der Waals surface area (Å²) in [6.07, 6.45) is 3.54. The van der Waals surface area contributed by atoms with Crippen molar-refractivity contribution in [3.63, 3.8) is 0 Å². The number of halogens is 2. The minimum Gasteiger partial charge on any atom is -0.302 e. The molecule has 1 amide bonds. The maximum Gasteiger partial charge on any atom is 0.226 e. The third-order valence-corrected chi connectivity index (χ3v) is 5.17. The lowest BCUT2D eigenvalue weighted by molar-refractivity contribution is -0.116.